The van der Waals surface area contributed by atoms with E-state index in [1.165, 1.54) is 18.2 Å². The van der Waals surface area contributed by atoms with Gasteiger partial charge in [0, 0.05) is 6.42 Å². The van der Waals surface area contributed by atoms with Gasteiger partial charge in [-0.2, -0.15) is 0 Å². The van der Waals surface area contributed by atoms with Crippen LogP contribution in [0.15, 0.2) is 18.2 Å². The minimum atomic E-state index is -1.37. The van der Waals surface area contributed by atoms with Crippen molar-refractivity contribution >= 4 is 11.9 Å². The van der Waals surface area contributed by atoms with E-state index >= 15 is 0 Å². The Labute approximate surface area is 96.8 Å². The summed E-state index contributed by atoms with van der Waals surface area (Å²) in [6.07, 6.45) is -1.23. The van der Waals surface area contributed by atoms with Crippen LogP contribution in [0.25, 0.3) is 0 Å². The van der Waals surface area contributed by atoms with Gasteiger partial charge in [-0.3, -0.25) is 0 Å². The molecule has 0 saturated carbocycles. The predicted octanol–water partition coefficient (Wildman–Crippen LogP) is -0.0213. The highest BCUT2D eigenvalue weighted by Crippen LogP contribution is 2.17. The van der Waals surface area contributed by atoms with Gasteiger partial charge in [-0.15, -0.1) is 0 Å². The van der Waals surface area contributed by atoms with E-state index in [1.54, 1.807) is 0 Å². The zero-order valence-electron chi connectivity index (χ0n) is 8.83. The number of rotatable bonds is 5. The topological polar surface area (TPSA) is 115 Å². The van der Waals surface area contributed by atoms with E-state index in [2.05, 4.69) is 0 Å². The lowest BCUT2D eigenvalue weighted by Crippen LogP contribution is -2.19. The van der Waals surface area contributed by atoms with E-state index in [0.717, 1.165) is 0 Å². The molecule has 0 fully saturated rings. The smallest absolute Gasteiger partial charge is 0.336 e. The Morgan fingerprint density at radius 2 is 1.82 bits per heavy atom. The van der Waals surface area contributed by atoms with Crippen molar-refractivity contribution in [3.05, 3.63) is 34.9 Å². The fourth-order valence-electron chi connectivity index (χ4n) is 1.52. The van der Waals surface area contributed by atoms with Crippen molar-refractivity contribution in [1.29, 1.82) is 0 Å². The number of hydrogen-bond acceptors (Lipinski definition) is 4. The van der Waals surface area contributed by atoms with Crippen LogP contribution in [0.5, 0.6) is 0 Å². The number of aliphatic hydroxyl groups excluding tert-OH is 2. The van der Waals surface area contributed by atoms with Crippen molar-refractivity contribution in [2.75, 3.05) is 6.61 Å². The summed E-state index contributed by atoms with van der Waals surface area (Å²) in [5.74, 6) is -2.72. The molecule has 0 saturated heterocycles. The van der Waals surface area contributed by atoms with Gasteiger partial charge in [0.2, 0.25) is 0 Å². The summed E-state index contributed by atoms with van der Waals surface area (Å²) in [4.78, 5) is 21.9. The van der Waals surface area contributed by atoms with Crippen LogP contribution in [0.1, 0.15) is 26.3 Å². The highest BCUT2D eigenvalue weighted by atomic mass is 16.4. The SMILES string of the molecule is O=C(O)c1cccc(CC(O)CO)c1C(=O)O. The van der Waals surface area contributed by atoms with Crippen LogP contribution >= 0.6 is 0 Å². The first-order chi connectivity index (χ1) is 7.97. The number of hydrogen-bond donors (Lipinski definition) is 4. The monoisotopic (exact) mass is 240 g/mol. The third-order valence-electron chi connectivity index (χ3n) is 2.26. The summed E-state index contributed by atoms with van der Waals surface area (Å²) in [5, 5.41) is 35.8. The number of carboxylic acid groups (broad SMARTS) is 2. The molecule has 0 bridgehead atoms. The first-order valence-corrected chi connectivity index (χ1v) is 4.84. The average Bonchev–Trinajstić information content (AvgIpc) is 2.28. The second-order valence-electron chi connectivity index (χ2n) is 3.49. The molecular formula is C11H12O6. The Hall–Kier alpha value is -1.92. The van der Waals surface area contributed by atoms with Crippen LogP contribution in [-0.4, -0.2) is 45.1 Å². The first kappa shape index (κ1) is 13.1. The van der Waals surface area contributed by atoms with Crippen molar-refractivity contribution in [1.82, 2.24) is 0 Å². The number of carbonyl (C=O) groups is 2. The molecule has 0 aromatic heterocycles. The summed E-state index contributed by atoms with van der Waals surface area (Å²) in [7, 11) is 0. The van der Waals surface area contributed by atoms with Crippen molar-refractivity contribution < 1.29 is 30.0 Å². The number of benzene rings is 1. The fraction of sp³-hybridized carbons (Fsp3) is 0.273. The van der Waals surface area contributed by atoms with Gasteiger partial charge in [0.1, 0.15) is 0 Å². The molecule has 0 amide bonds. The minimum absolute atomic E-state index is 0.112. The molecule has 1 unspecified atom stereocenters. The lowest BCUT2D eigenvalue weighted by molar-refractivity contribution is 0.0647. The van der Waals surface area contributed by atoms with Gasteiger partial charge >= 0.3 is 11.9 Å². The van der Waals surface area contributed by atoms with E-state index in [4.69, 9.17) is 15.3 Å². The third kappa shape index (κ3) is 3.02. The van der Waals surface area contributed by atoms with Crippen LogP contribution in [-0.2, 0) is 6.42 Å². The number of aliphatic hydroxyl groups is 2. The molecule has 92 valence electrons. The van der Waals surface area contributed by atoms with Gasteiger partial charge in [-0.05, 0) is 11.6 Å². The normalized spacial score (nSPS) is 12.1. The lowest BCUT2D eigenvalue weighted by Gasteiger charge is -2.11. The van der Waals surface area contributed by atoms with E-state index in [1.807, 2.05) is 0 Å². The van der Waals surface area contributed by atoms with Crippen molar-refractivity contribution in [2.45, 2.75) is 12.5 Å². The lowest BCUT2D eigenvalue weighted by atomic mass is 9.97. The van der Waals surface area contributed by atoms with Gasteiger partial charge < -0.3 is 20.4 Å². The van der Waals surface area contributed by atoms with E-state index in [-0.39, 0.29) is 23.1 Å². The molecule has 4 N–H and O–H groups in total. The second kappa shape index (κ2) is 5.42. The Balaban J connectivity index is 3.25. The van der Waals surface area contributed by atoms with Crippen molar-refractivity contribution in [2.24, 2.45) is 0 Å². The molecule has 17 heavy (non-hydrogen) atoms. The molecule has 0 aliphatic carbocycles. The summed E-state index contributed by atoms with van der Waals surface area (Å²) < 4.78 is 0. The zero-order valence-corrected chi connectivity index (χ0v) is 8.83. The van der Waals surface area contributed by atoms with Gasteiger partial charge in [0.05, 0.1) is 23.8 Å². The Kier molecular flexibility index (Phi) is 4.19. The van der Waals surface area contributed by atoms with Gasteiger partial charge in [0.15, 0.2) is 0 Å². The molecule has 6 heteroatoms. The molecule has 1 aromatic carbocycles. The maximum atomic E-state index is 11.0. The predicted molar refractivity (Wildman–Crippen MR) is 57.2 cm³/mol. The average molecular weight is 240 g/mol. The van der Waals surface area contributed by atoms with Crippen molar-refractivity contribution in [3.63, 3.8) is 0 Å². The third-order valence-corrected chi connectivity index (χ3v) is 2.26. The largest absolute Gasteiger partial charge is 0.478 e. The van der Waals surface area contributed by atoms with Crippen LogP contribution in [0.4, 0.5) is 0 Å². The van der Waals surface area contributed by atoms with Crippen LogP contribution in [0.3, 0.4) is 0 Å². The zero-order chi connectivity index (χ0) is 13.0. The van der Waals surface area contributed by atoms with Crippen LogP contribution < -0.4 is 0 Å². The van der Waals surface area contributed by atoms with E-state index in [0.29, 0.717) is 0 Å². The van der Waals surface area contributed by atoms with Gasteiger partial charge in [0.25, 0.3) is 0 Å². The number of aromatic carboxylic acids is 2. The summed E-state index contributed by atoms with van der Waals surface area (Å²) in [5.41, 5.74) is -0.508. The van der Waals surface area contributed by atoms with Gasteiger partial charge in [-0.25, -0.2) is 9.59 Å². The fourth-order valence-corrected chi connectivity index (χ4v) is 1.52. The quantitative estimate of drug-likeness (QED) is 0.575. The molecular weight excluding hydrogens is 228 g/mol. The van der Waals surface area contributed by atoms with Crippen LogP contribution in [0, 0.1) is 0 Å². The molecule has 1 aromatic rings. The molecule has 1 atom stereocenters. The maximum Gasteiger partial charge on any atom is 0.336 e. The van der Waals surface area contributed by atoms with Gasteiger partial charge in [-0.1, -0.05) is 12.1 Å². The molecule has 0 aliphatic rings. The minimum Gasteiger partial charge on any atom is -0.478 e. The van der Waals surface area contributed by atoms with E-state index < -0.39 is 24.6 Å². The molecule has 0 radical (unpaired) electrons. The highest BCUT2D eigenvalue weighted by molar-refractivity contribution is 6.02. The molecule has 0 aliphatic heterocycles. The van der Waals surface area contributed by atoms with E-state index in [9.17, 15) is 14.7 Å². The highest BCUT2D eigenvalue weighted by Gasteiger charge is 2.20. The summed E-state index contributed by atoms with van der Waals surface area (Å²) in [6, 6.07) is 3.99. The number of carboxylic acids is 2. The molecule has 6 nitrogen and oxygen atoms in total. The van der Waals surface area contributed by atoms with Crippen molar-refractivity contribution in [3.8, 4) is 0 Å². The Morgan fingerprint density at radius 1 is 1.18 bits per heavy atom. The van der Waals surface area contributed by atoms with Crippen LogP contribution in [0.2, 0.25) is 0 Å². The Bertz CT molecular complexity index is 440. The summed E-state index contributed by atoms with van der Waals surface area (Å²) in [6.45, 7) is -0.518. The second-order valence-corrected chi connectivity index (χ2v) is 3.49. The summed E-state index contributed by atoms with van der Waals surface area (Å²) >= 11 is 0. The molecule has 0 heterocycles. The first-order valence-electron chi connectivity index (χ1n) is 4.84. The molecule has 0 spiro atoms. The standard InChI is InChI=1S/C11H12O6/c12-5-7(13)4-6-2-1-3-8(10(14)15)9(6)11(16)17/h1-3,7,12-13H,4-5H2,(H,14,15)(H,16,17). The Morgan fingerprint density at radius 3 is 2.29 bits per heavy atom. The molecule has 1 rings (SSSR count). The maximum absolute atomic E-state index is 11.0.